The minimum Gasteiger partial charge on any atom is -0.493 e. The van der Waals surface area contributed by atoms with Crippen molar-refractivity contribution in [2.24, 2.45) is 0 Å². The summed E-state index contributed by atoms with van der Waals surface area (Å²) in [6.45, 7) is 2.82. The SMILES string of the molecule is CCCCOc1ccnc(C(O)N[C@H]2COc3ccccc3N(C)C2=O)c1. The van der Waals surface area contributed by atoms with Gasteiger partial charge in [0.15, 0.2) is 0 Å². The molecule has 0 bridgehead atoms. The van der Waals surface area contributed by atoms with Crippen LogP contribution in [-0.2, 0) is 4.79 Å². The number of likely N-dealkylation sites (N-methyl/N-ethyl adjacent to an activating group) is 1. The summed E-state index contributed by atoms with van der Waals surface area (Å²) >= 11 is 0. The number of rotatable bonds is 7. The summed E-state index contributed by atoms with van der Waals surface area (Å²) in [5.74, 6) is 1.09. The van der Waals surface area contributed by atoms with Crippen LogP contribution in [0.2, 0.25) is 0 Å². The number of nitrogens with one attached hydrogen (secondary N) is 1. The number of aliphatic hydroxyl groups is 1. The number of aliphatic hydroxyl groups excluding tert-OH is 1. The van der Waals surface area contributed by atoms with Crippen LogP contribution in [0.25, 0.3) is 0 Å². The van der Waals surface area contributed by atoms with E-state index in [0.717, 1.165) is 12.8 Å². The maximum Gasteiger partial charge on any atom is 0.247 e. The number of nitrogens with zero attached hydrogens (tertiary/aromatic N) is 2. The van der Waals surface area contributed by atoms with E-state index in [4.69, 9.17) is 9.47 Å². The Morgan fingerprint density at radius 2 is 2.22 bits per heavy atom. The molecule has 7 heteroatoms. The Morgan fingerprint density at radius 1 is 1.41 bits per heavy atom. The van der Waals surface area contributed by atoms with Gasteiger partial charge in [-0.2, -0.15) is 0 Å². The number of fused-ring (bicyclic) bond motifs is 1. The van der Waals surface area contributed by atoms with Gasteiger partial charge in [-0.15, -0.1) is 0 Å². The number of hydrogen-bond donors (Lipinski definition) is 2. The maximum atomic E-state index is 12.7. The van der Waals surface area contributed by atoms with Crippen LogP contribution in [0.4, 0.5) is 5.69 Å². The number of pyridine rings is 1. The summed E-state index contributed by atoms with van der Waals surface area (Å²) in [5, 5.41) is 13.4. The molecule has 2 aromatic rings. The fourth-order valence-corrected chi connectivity index (χ4v) is 2.85. The lowest BCUT2D eigenvalue weighted by atomic mass is 10.2. The van der Waals surface area contributed by atoms with Crippen molar-refractivity contribution < 1.29 is 19.4 Å². The standard InChI is InChI=1S/C20H25N3O4/c1-3-4-11-26-14-9-10-21-15(12-14)19(24)22-16-13-27-18-8-6-5-7-17(18)23(2)20(16)25/h5-10,12,16,19,22,24H,3-4,11,13H2,1-2H3/t16-,19?/m0/s1. The predicted molar refractivity (Wildman–Crippen MR) is 102 cm³/mol. The van der Waals surface area contributed by atoms with Crippen molar-refractivity contribution in [3.8, 4) is 11.5 Å². The Hall–Kier alpha value is -2.64. The van der Waals surface area contributed by atoms with Gasteiger partial charge in [0.1, 0.15) is 30.4 Å². The van der Waals surface area contributed by atoms with E-state index in [2.05, 4.69) is 17.2 Å². The first-order valence-corrected chi connectivity index (χ1v) is 9.12. The van der Waals surface area contributed by atoms with E-state index in [-0.39, 0.29) is 12.5 Å². The number of benzene rings is 1. The van der Waals surface area contributed by atoms with Gasteiger partial charge >= 0.3 is 0 Å². The van der Waals surface area contributed by atoms with E-state index < -0.39 is 12.3 Å². The van der Waals surface area contributed by atoms with Crippen LogP contribution in [-0.4, -0.2) is 42.3 Å². The molecule has 2 N–H and O–H groups in total. The molecule has 1 amide bonds. The van der Waals surface area contributed by atoms with Gasteiger partial charge in [0.05, 0.1) is 18.0 Å². The molecule has 1 unspecified atom stereocenters. The zero-order valence-corrected chi connectivity index (χ0v) is 15.6. The van der Waals surface area contributed by atoms with Crippen molar-refractivity contribution in [1.29, 1.82) is 0 Å². The molecule has 0 saturated heterocycles. The van der Waals surface area contributed by atoms with Crippen molar-refractivity contribution >= 4 is 11.6 Å². The maximum absolute atomic E-state index is 12.7. The normalized spacial score (nSPS) is 17.7. The Labute approximate surface area is 158 Å². The van der Waals surface area contributed by atoms with Crippen molar-refractivity contribution in [1.82, 2.24) is 10.3 Å². The molecule has 144 valence electrons. The average Bonchev–Trinajstić information content (AvgIpc) is 2.81. The molecule has 7 nitrogen and oxygen atoms in total. The van der Waals surface area contributed by atoms with E-state index in [1.807, 2.05) is 24.3 Å². The van der Waals surface area contributed by atoms with Crippen LogP contribution < -0.4 is 19.7 Å². The minimum atomic E-state index is -1.12. The molecular weight excluding hydrogens is 346 g/mol. The highest BCUT2D eigenvalue weighted by Gasteiger charge is 2.31. The molecule has 2 heterocycles. The third kappa shape index (κ3) is 4.56. The van der Waals surface area contributed by atoms with Gasteiger partial charge in [-0.3, -0.25) is 15.1 Å². The van der Waals surface area contributed by atoms with Crippen LogP contribution in [0.3, 0.4) is 0 Å². The van der Waals surface area contributed by atoms with Crippen molar-refractivity contribution in [3.63, 3.8) is 0 Å². The topological polar surface area (TPSA) is 83.9 Å². The summed E-state index contributed by atoms with van der Waals surface area (Å²) in [6.07, 6.45) is 2.46. The summed E-state index contributed by atoms with van der Waals surface area (Å²) in [7, 11) is 1.69. The smallest absolute Gasteiger partial charge is 0.247 e. The number of hydrogen-bond acceptors (Lipinski definition) is 6. The predicted octanol–water partition coefficient (Wildman–Crippen LogP) is 2.27. The third-order valence-corrected chi connectivity index (χ3v) is 4.42. The summed E-state index contributed by atoms with van der Waals surface area (Å²) in [6, 6.07) is 10.1. The Morgan fingerprint density at radius 3 is 3.04 bits per heavy atom. The molecule has 0 saturated carbocycles. The first-order valence-electron chi connectivity index (χ1n) is 9.12. The number of carbonyl (C=O) groups is 1. The highest BCUT2D eigenvalue weighted by atomic mass is 16.5. The average molecular weight is 371 g/mol. The Balaban J connectivity index is 1.68. The van der Waals surface area contributed by atoms with Crippen LogP contribution in [0, 0.1) is 0 Å². The van der Waals surface area contributed by atoms with Gasteiger partial charge in [0.2, 0.25) is 5.91 Å². The molecule has 0 spiro atoms. The van der Waals surface area contributed by atoms with Gasteiger partial charge in [0.25, 0.3) is 0 Å². The molecule has 1 aliphatic rings. The molecule has 2 atom stereocenters. The van der Waals surface area contributed by atoms with Crippen molar-refractivity contribution in [2.75, 3.05) is 25.2 Å². The zero-order valence-electron chi connectivity index (χ0n) is 15.6. The molecule has 1 aromatic heterocycles. The lowest BCUT2D eigenvalue weighted by molar-refractivity contribution is -0.121. The number of carbonyl (C=O) groups excluding carboxylic acids is 1. The summed E-state index contributed by atoms with van der Waals surface area (Å²) < 4.78 is 11.4. The number of para-hydroxylation sites is 2. The molecule has 1 aliphatic heterocycles. The Kier molecular flexibility index (Phi) is 6.26. The fraction of sp³-hybridized carbons (Fsp3) is 0.400. The number of amides is 1. The lowest BCUT2D eigenvalue weighted by Crippen LogP contribution is -2.48. The van der Waals surface area contributed by atoms with Gasteiger partial charge in [-0.05, 0) is 24.6 Å². The molecule has 3 rings (SSSR count). The van der Waals surface area contributed by atoms with E-state index in [9.17, 15) is 9.90 Å². The second-order valence-corrected chi connectivity index (χ2v) is 6.42. The lowest BCUT2D eigenvalue weighted by Gasteiger charge is -2.23. The van der Waals surface area contributed by atoms with Gasteiger partial charge < -0.3 is 19.5 Å². The third-order valence-electron chi connectivity index (χ3n) is 4.42. The molecule has 27 heavy (non-hydrogen) atoms. The molecular formula is C20H25N3O4. The molecule has 0 fully saturated rings. The molecule has 0 aliphatic carbocycles. The van der Waals surface area contributed by atoms with Crippen LogP contribution in [0.1, 0.15) is 31.7 Å². The number of anilines is 1. The van der Waals surface area contributed by atoms with Crippen LogP contribution in [0.5, 0.6) is 11.5 Å². The second kappa shape index (κ2) is 8.83. The fourth-order valence-electron chi connectivity index (χ4n) is 2.85. The largest absolute Gasteiger partial charge is 0.493 e. The van der Waals surface area contributed by atoms with E-state index >= 15 is 0 Å². The first-order chi connectivity index (χ1) is 13.1. The van der Waals surface area contributed by atoms with Gasteiger partial charge in [0, 0.05) is 19.3 Å². The highest BCUT2D eigenvalue weighted by Crippen LogP contribution is 2.30. The second-order valence-electron chi connectivity index (χ2n) is 6.42. The minimum absolute atomic E-state index is 0.115. The summed E-state index contributed by atoms with van der Waals surface area (Å²) in [4.78, 5) is 18.5. The zero-order chi connectivity index (χ0) is 19.2. The van der Waals surface area contributed by atoms with Gasteiger partial charge in [-0.25, -0.2) is 0 Å². The van der Waals surface area contributed by atoms with Crippen molar-refractivity contribution in [3.05, 3.63) is 48.3 Å². The molecule has 0 radical (unpaired) electrons. The van der Waals surface area contributed by atoms with Crippen molar-refractivity contribution in [2.45, 2.75) is 32.0 Å². The van der Waals surface area contributed by atoms with Gasteiger partial charge in [-0.1, -0.05) is 25.5 Å². The number of ether oxygens (including phenoxy) is 2. The van der Waals surface area contributed by atoms with Crippen LogP contribution >= 0.6 is 0 Å². The Bertz CT molecular complexity index is 783. The highest BCUT2D eigenvalue weighted by molar-refractivity contribution is 5.98. The monoisotopic (exact) mass is 371 g/mol. The number of unbranched alkanes of at least 4 members (excludes halogenated alkanes) is 1. The quantitative estimate of drug-likeness (QED) is 0.574. The van der Waals surface area contributed by atoms with E-state index in [0.29, 0.717) is 29.5 Å². The number of aromatic nitrogens is 1. The van der Waals surface area contributed by atoms with Crippen LogP contribution in [0.15, 0.2) is 42.6 Å². The first kappa shape index (κ1) is 19.1. The van der Waals surface area contributed by atoms with E-state index in [1.165, 1.54) is 4.90 Å². The summed E-state index contributed by atoms with van der Waals surface area (Å²) in [5.41, 5.74) is 1.09. The molecule has 1 aromatic carbocycles. The van der Waals surface area contributed by atoms with E-state index in [1.54, 1.807) is 25.4 Å².